The molecule has 1 unspecified atom stereocenters. The highest BCUT2D eigenvalue weighted by Gasteiger charge is 2.23. The Morgan fingerprint density at radius 1 is 1.18 bits per heavy atom. The third kappa shape index (κ3) is 2.47. The van der Waals surface area contributed by atoms with E-state index in [-0.39, 0.29) is 6.04 Å². The molecule has 1 N–H and O–H groups in total. The molecule has 1 aliphatic rings. The van der Waals surface area contributed by atoms with Gasteiger partial charge in [0, 0.05) is 4.47 Å². The van der Waals surface area contributed by atoms with Crippen LogP contribution in [-0.2, 0) is 0 Å². The normalized spacial score (nSPS) is 16.8. The van der Waals surface area contributed by atoms with Gasteiger partial charge in [-0.2, -0.15) is 10.1 Å². The number of nitrogens with zero attached hydrogens (tertiary/aromatic N) is 3. The fourth-order valence-electron chi connectivity index (χ4n) is 2.43. The van der Waals surface area contributed by atoms with Crippen molar-refractivity contribution in [2.75, 3.05) is 5.32 Å². The van der Waals surface area contributed by atoms with Gasteiger partial charge in [-0.25, -0.2) is 4.68 Å². The predicted octanol–water partition coefficient (Wildman–Crippen LogP) is 4.81. The monoisotopic (exact) mass is 392 g/mol. The zero-order valence-electron chi connectivity index (χ0n) is 11.2. The topological polar surface area (TPSA) is 42.7 Å². The summed E-state index contributed by atoms with van der Waals surface area (Å²) in [6.07, 6.45) is 3.71. The van der Waals surface area contributed by atoms with E-state index in [0.29, 0.717) is 0 Å². The molecule has 0 fully saturated rings. The average molecular weight is 394 g/mol. The predicted molar refractivity (Wildman–Crippen MR) is 93.2 cm³/mol. The van der Waals surface area contributed by atoms with Gasteiger partial charge in [0.2, 0.25) is 5.95 Å². The Labute approximate surface area is 144 Å². The highest BCUT2D eigenvalue weighted by atomic mass is 79.9. The second kappa shape index (κ2) is 5.53. The summed E-state index contributed by atoms with van der Waals surface area (Å²) in [5.41, 5.74) is 2.15. The number of rotatable bonds is 2. The average Bonchev–Trinajstić information content (AvgIpc) is 3.15. The summed E-state index contributed by atoms with van der Waals surface area (Å²) in [5.74, 6) is 0.731. The molecule has 110 valence electrons. The van der Waals surface area contributed by atoms with Crippen molar-refractivity contribution in [3.63, 3.8) is 0 Å². The molecular weight excluding hydrogens is 384 g/mol. The molecule has 0 bridgehead atoms. The molecule has 1 atom stereocenters. The van der Waals surface area contributed by atoms with Crippen LogP contribution in [0.3, 0.4) is 0 Å². The van der Waals surface area contributed by atoms with E-state index in [1.54, 1.807) is 17.7 Å². The van der Waals surface area contributed by atoms with Gasteiger partial charge < -0.3 is 5.32 Å². The quantitative estimate of drug-likeness (QED) is 0.679. The molecule has 0 radical (unpaired) electrons. The number of thiophene rings is 1. The largest absolute Gasteiger partial charge is 0.323 e. The molecule has 1 aromatic carbocycles. The van der Waals surface area contributed by atoms with Gasteiger partial charge in [-0.3, -0.25) is 0 Å². The van der Waals surface area contributed by atoms with Crippen LogP contribution >= 0.6 is 38.9 Å². The first-order valence-electron chi connectivity index (χ1n) is 6.60. The molecule has 0 spiro atoms. The first-order chi connectivity index (χ1) is 10.7. The third-order valence-corrected chi connectivity index (χ3v) is 5.25. The Kier molecular flexibility index (Phi) is 3.52. The van der Waals surface area contributed by atoms with Crippen LogP contribution in [0.4, 0.5) is 5.95 Å². The molecule has 1 aliphatic heterocycles. The Balaban J connectivity index is 1.81. The van der Waals surface area contributed by atoms with Crippen LogP contribution in [0.1, 0.15) is 16.5 Å². The Morgan fingerprint density at radius 3 is 2.73 bits per heavy atom. The van der Waals surface area contributed by atoms with Gasteiger partial charge in [0.15, 0.2) is 0 Å². The van der Waals surface area contributed by atoms with E-state index in [2.05, 4.69) is 49.5 Å². The number of nitrogens with one attached hydrogen (secondary N) is 1. The van der Waals surface area contributed by atoms with E-state index in [9.17, 15) is 0 Å². The van der Waals surface area contributed by atoms with E-state index in [0.717, 1.165) is 30.9 Å². The minimum absolute atomic E-state index is 0.00252. The minimum atomic E-state index is 0.00252. The fraction of sp³-hybridized carbons (Fsp3) is 0.0667. The van der Waals surface area contributed by atoms with Gasteiger partial charge in [0.05, 0.1) is 14.9 Å². The van der Waals surface area contributed by atoms with Crippen molar-refractivity contribution in [2.24, 2.45) is 0 Å². The molecule has 4 rings (SSSR count). The minimum Gasteiger partial charge on any atom is -0.323 e. The molecule has 3 heterocycles. The maximum atomic E-state index is 6.05. The summed E-state index contributed by atoms with van der Waals surface area (Å²) in [5, 5.41) is 7.65. The standard InChI is InChI=1S/C15H10BrClN4S/c16-10-3-1-9(2-4-10)12-7-11(13-5-6-14(17)22-13)20-15-18-8-19-21(12)15/h1-8,12H,(H,18,19,20). The summed E-state index contributed by atoms with van der Waals surface area (Å²) in [4.78, 5) is 5.38. The summed E-state index contributed by atoms with van der Waals surface area (Å²) in [6.45, 7) is 0. The van der Waals surface area contributed by atoms with Crippen LogP contribution in [0.25, 0.3) is 5.70 Å². The van der Waals surface area contributed by atoms with Gasteiger partial charge in [-0.15, -0.1) is 11.3 Å². The summed E-state index contributed by atoms with van der Waals surface area (Å²) in [6, 6.07) is 12.1. The number of hydrogen-bond acceptors (Lipinski definition) is 4. The molecule has 0 aliphatic carbocycles. The molecule has 0 amide bonds. The summed E-state index contributed by atoms with van der Waals surface area (Å²) >= 11 is 11.1. The fourth-order valence-corrected chi connectivity index (χ4v) is 3.72. The van der Waals surface area contributed by atoms with Crippen molar-refractivity contribution < 1.29 is 0 Å². The molecular formula is C15H10BrClN4S. The number of fused-ring (bicyclic) bond motifs is 1. The molecule has 4 nitrogen and oxygen atoms in total. The maximum absolute atomic E-state index is 6.05. The van der Waals surface area contributed by atoms with Crippen molar-refractivity contribution in [3.8, 4) is 0 Å². The smallest absolute Gasteiger partial charge is 0.226 e. The lowest BCUT2D eigenvalue weighted by molar-refractivity contribution is 0.612. The van der Waals surface area contributed by atoms with Crippen molar-refractivity contribution in [3.05, 3.63) is 68.1 Å². The molecule has 7 heteroatoms. The third-order valence-electron chi connectivity index (χ3n) is 3.46. The van der Waals surface area contributed by atoms with Crippen molar-refractivity contribution in [2.45, 2.75) is 6.04 Å². The van der Waals surface area contributed by atoms with E-state index >= 15 is 0 Å². The maximum Gasteiger partial charge on any atom is 0.226 e. The number of allylic oxidation sites excluding steroid dienone is 1. The Hall–Kier alpha value is -1.63. The molecule has 22 heavy (non-hydrogen) atoms. The Morgan fingerprint density at radius 2 is 2.00 bits per heavy atom. The van der Waals surface area contributed by atoms with Gasteiger partial charge in [-0.05, 0) is 35.9 Å². The van der Waals surface area contributed by atoms with Crippen molar-refractivity contribution >= 4 is 50.5 Å². The van der Waals surface area contributed by atoms with Crippen LogP contribution in [0.5, 0.6) is 0 Å². The SMILES string of the molecule is Clc1ccc(C2=CC(c3ccc(Br)cc3)n3ncnc3N2)s1. The van der Waals surface area contributed by atoms with Gasteiger partial charge in [0.25, 0.3) is 0 Å². The highest BCUT2D eigenvalue weighted by molar-refractivity contribution is 9.10. The zero-order chi connectivity index (χ0) is 15.1. The first-order valence-corrected chi connectivity index (χ1v) is 8.59. The number of aromatic nitrogens is 3. The Bertz CT molecular complexity index is 853. The summed E-state index contributed by atoms with van der Waals surface area (Å²) < 4.78 is 3.70. The van der Waals surface area contributed by atoms with Crippen molar-refractivity contribution in [1.29, 1.82) is 0 Å². The lowest BCUT2D eigenvalue weighted by Crippen LogP contribution is -2.19. The van der Waals surface area contributed by atoms with Gasteiger partial charge in [-0.1, -0.05) is 39.7 Å². The number of hydrogen-bond donors (Lipinski definition) is 1. The molecule has 3 aromatic rings. The number of anilines is 1. The van der Waals surface area contributed by atoms with Crippen LogP contribution in [-0.4, -0.2) is 14.8 Å². The molecule has 0 saturated heterocycles. The second-order valence-corrected chi connectivity index (χ2v) is 7.46. The van der Waals surface area contributed by atoms with Crippen molar-refractivity contribution in [1.82, 2.24) is 14.8 Å². The van der Waals surface area contributed by atoms with E-state index in [1.807, 2.05) is 28.9 Å². The lowest BCUT2D eigenvalue weighted by atomic mass is 10.0. The van der Waals surface area contributed by atoms with Crippen LogP contribution in [0.15, 0.2) is 53.3 Å². The van der Waals surface area contributed by atoms with E-state index in [4.69, 9.17) is 11.6 Å². The van der Waals surface area contributed by atoms with Crippen LogP contribution < -0.4 is 5.32 Å². The highest BCUT2D eigenvalue weighted by Crippen LogP contribution is 2.35. The van der Waals surface area contributed by atoms with Gasteiger partial charge in [0.1, 0.15) is 12.4 Å². The molecule has 0 saturated carbocycles. The van der Waals surface area contributed by atoms with E-state index in [1.165, 1.54) is 0 Å². The van der Waals surface area contributed by atoms with Gasteiger partial charge >= 0.3 is 0 Å². The van der Waals surface area contributed by atoms with Crippen LogP contribution in [0.2, 0.25) is 4.34 Å². The second-order valence-electron chi connectivity index (χ2n) is 4.83. The number of benzene rings is 1. The van der Waals surface area contributed by atoms with Crippen LogP contribution in [0, 0.1) is 0 Å². The molecule has 2 aromatic heterocycles. The summed E-state index contributed by atoms with van der Waals surface area (Å²) in [7, 11) is 0. The first kappa shape index (κ1) is 14.0. The number of halogens is 2. The zero-order valence-corrected chi connectivity index (χ0v) is 14.4. The van der Waals surface area contributed by atoms with E-state index < -0.39 is 0 Å². The lowest BCUT2D eigenvalue weighted by Gasteiger charge is -2.23.